The molecule has 1 fully saturated rings. The Hall–Kier alpha value is -2.39. The summed E-state index contributed by atoms with van der Waals surface area (Å²) in [4.78, 5) is 36.2. The lowest BCUT2D eigenvalue weighted by atomic mass is 10.3. The van der Waals surface area contributed by atoms with E-state index >= 15 is 0 Å². The topological polar surface area (TPSA) is 86.4 Å². The molecule has 0 unspecified atom stereocenters. The van der Waals surface area contributed by atoms with Gasteiger partial charge in [-0.15, -0.1) is 0 Å². The van der Waals surface area contributed by atoms with Crippen LogP contribution in [-0.4, -0.2) is 64.2 Å². The maximum Gasteiger partial charge on any atom is 0.471 e. The van der Waals surface area contributed by atoms with Crippen molar-refractivity contribution in [3.8, 4) is 0 Å². The Morgan fingerprint density at radius 2 is 1.73 bits per heavy atom. The maximum atomic E-state index is 12.4. The molecule has 1 N–H and O–H groups in total. The Bertz CT molecular complexity index is 608. The maximum absolute atomic E-state index is 12.4. The lowest BCUT2D eigenvalue weighted by Crippen LogP contribution is -2.43. The first-order valence-corrected chi connectivity index (χ1v) is 6.50. The van der Waals surface area contributed by atoms with Crippen LogP contribution in [0.1, 0.15) is 16.9 Å². The van der Waals surface area contributed by atoms with Gasteiger partial charge in [-0.2, -0.15) is 18.3 Å². The first-order valence-electron chi connectivity index (χ1n) is 6.50. The number of aromatic nitrogens is 2. The lowest BCUT2D eigenvalue weighted by molar-refractivity contribution is -0.185. The van der Waals surface area contributed by atoms with Gasteiger partial charge < -0.3 is 9.80 Å². The number of aromatic amines is 1. The van der Waals surface area contributed by atoms with E-state index in [1.54, 1.807) is 0 Å². The van der Waals surface area contributed by atoms with E-state index < -0.39 is 23.5 Å². The van der Waals surface area contributed by atoms with E-state index in [1.807, 2.05) is 0 Å². The Labute approximate surface area is 122 Å². The Morgan fingerprint density at radius 1 is 1.09 bits per heavy atom. The fraction of sp³-hybridized carbons (Fsp3) is 0.500. The summed E-state index contributed by atoms with van der Waals surface area (Å²) in [5.74, 6) is -2.40. The molecular formula is C12H13F3N4O3. The third-order valence-electron chi connectivity index (χ3n) is 3.21. The number of nitrogens with zero attached hydrogens (tertiary/aromatic N) is 3. The predicted octanol–water partition coefficient (Wildman–Crippen LogP) is 0.00670. The van der Waals surface area contributed by atoms with E-state index in [9.17, 15) is 27.6 Å². The fourth-order valence-electron chi connectivity index (χ4n) is 2.13. The van der Waals surface area contributed by atoms with Gasteiger partial charge in [-0.3, -0.25) is 14.4 Å². The summed E-state index contributed by atoms with van der Waals surface area (Å²) in [6, 6.07) is 2.38. The van der Waals surface area contributed by atoms with Crippen LogP contribution in [-0.2, 0) is 4.79 Å². The van der Waals surface area contributed by atoms with Crippen LogP contribution < -0.4 is 5.56 Å². The molecule has 0 aromatic carbocycles. The number of rotatable bonds is 1. The molecule has 0 bridgehead atoms. The van der Waals surface area contributed by atoms with Crippen molar-refractivity contribution in [3.05, 3.63) is 28.2 Å². The second-order valence-corrected chi connectivity index (χ2v) is 4.74. The van der Waals surface area contributed by atoms with Crippen LogP contribution >= 0.6 is 0 Å². The molecule has 0 saturated carbocycles. The van der Waals surface area contributed by atoms with Crippen molar-refractivity contribution in [2.24, 2.45) is 0 Å². The van der Waals surface area contributed by atoms with Gasteiger partial charge in [-0.05, 0) is 12.5 Å². The molecule has 0 radical (unpaired) electrons. The number of nitrogens with one attached hydrogen (secondary N) is 1. The molecule has 10 heteroatoms. The zero-order valence-corrected chi connectivity index (χ0v) is 11.4. The van der Waals surface area contributed by atoms with E-state index in [-0.39, 0.29) is 38.3 Å². The number of halogens is 3. The Kier molecular flexibility index (Phi) is 4.48. The average molecular weight is 318 g/mol. The van der Waals surface area contributed by atoms with Crippen molar-refractivity contribution in [2.75, 3.05) is 26.2 Å². The Balaban J connectivity index is 2.04. The van der Waals surface area contributed by atoms with Gasteiger partial charge in [0, 0.05) is 32.2 Å². The van der Waals surface area contributed by atoms with Gasteiger partial charge in [0.05, 0.1) is 0 Å². The molecule has 1 aromatic heterocycles. The summed E-state index contributed by atoms with van der Waals surface area (Å²) in [6.45, 7) is -0.0860. The summed E-state index contributed by atoms with van der Waals surface area (Å²) in [5, 5.41) is 5.70. The third-order valence-corrected chi connectivity index (χ3v) is 3.21. The minimum atomic E-state index is -4.92. The van der Waals surface area contributed by atoms with Gasteiger partial charge in [0.25, 0.3) is 11.5 Å². The number of carbonyl (C=O) groups is 2. The number of hydrogen-bond donors (Lipinski definition) is 1. The largest absolute Gasteiger partial charge is 0.471 e. The highest BCUT2D eigenvalue weighted by Crippen LogP contribution is 2.19. The predicted molar refractivity (Wildman–Crippen MR) is 68.0 cm³/mol. The number of amides is 2. The van der Waals surface area contributed by atoms with E-state index in [0.717, 1.165) is 6.07 Å². The van der Waals surface area contributed by atoms with Crippen LogP contribution in [0, 0.1) is 0 Å². The van der Waals surface area contributed by atoms with E-state index in [2.05, 4.69) is 10.2 Å². The summed E-state index contributed by atoms with van der Waals surface area (Å²) in [7, 11) is 0. The van der Waals surface area contributed by atoms with Gasteiger partial charge >= 0.3 is 12.1 Å². The molecule has 22 heavy (non-hydrogen) atoms. The molecule has 0 atom stereocenters. The molecule has 7 nitrogen and oxygen atoms in total. The van der Waals surface area contributed by atoms with Gasteiger partial charge in [-0.25, -0.2) is 5.10 Å². The number of hydrogen-bond acceptors (Lipinski definition) is 4. The van der Waals surface area contributed by atoms with Crippen LogP contribution in [0.5, 0.6) is 0 Å². The minimum absolute atomic E-state index is 0.00445. The molecule has 1 saturated heterocycles. The zero-order chi connectivity index (χ0) is 16.3. The molecule has 120 valence electrons. The third kappa shape index (κ3) is 3.62. The quantitative estimate of drug-likeness (QED) is 0.790. The van der Waals surface area contributed by atoms with E-state index in [4.69, 9.17) is 0 Å². The highest BCUT2D eigenvalue weighted by molar-refractivity contribution is 5.92. The molecule has 2 rings (SSSR count). The molecule has 1 aliphatic heterocycles. The van der Waals surface area contributed by atoms with Crippen molar-refractivity contribution < 1.29 is 22.8 Å². The minimum Gasteiger partial charge on any atom is -0.335 e. The summed E-state index contributed by atoms with van der Waals surface area (Å²) >= 11 is 0. The van der Waals surface area contributed by atoms with Crippen molar-refractivity contribution in [1.82, 2.24) is 20.0 Å². The molecular weight excluding hydrogens is 305 g/mol. The van der Waals surface area contributed by atoms with Gasteiger partial charge in [0.15, 0.2) is 0 Å². The highest BCUT2D eigenvalue weighted by atomic mass is 19.4. The van der Waals surface area contributed by atoms with Crippen molar-refractivity contribution >= 4 is 11.8 Å². The molecule has 1 aliphatic rings. The molecule has 0 aliphatic carbocycles. The van der Waals surface area contributed by atoms with Crippen molar-refractivity contribution in [2.45, 2.75) is 12.6 Å². The van der Waals surface area contributed by atoms with E-state index in [1.165, 1.54) is 11.0 Å². The number of alkyl halides is 3. The van der Waals surface area contributed by atoms with Crippen LogP contribution in [0.2, 0.25) is 0 Å². The zero-order valence-electron chi connectivity index (χ0n) is 11.4. The molecule has 1 aromatic rings. The summed E-state index contributed by atoms with van der Waals surface area (Å²) in [5.41, 5.74) is -0.468. The standard InChI is InChI=1S/C12H13F3N4O3/c13-12(14,15)11(22)19-5-1-4-18(6-7-19)10(21)8-2-3-9(20)17-16-8/h2-3H,1,4-7H2,(H,17,20). The monoisotopic (exact) mass is 318 g/mol. The number of H-pyrrole nitrogens is 1. The fourth-order valence-corrected chi connectivity index (χ4v) is 2.13. The number of carbonyl (C=O) groups excluding carboxylic acids is 2. The van der Waals surface area contributed by atoms with Crippen molar-refractivity contribution in [3.63, 3.8) is 0 Å². The first-order chi connectivity index (χ1) is 10.3. The van der Waals surface area contributed by atoms with Crippen LogP contribution in [0.3, 0.4) is 0 Å². The highest BCUT2D eigenvalue weighted by Gasteiger charge is 2.42. The van der Waals surface area contributed by atoms with Crippen molar-refractivity contribution in [1.29, 1.82) is 0 Å². The normalized spacial score (nSPS) is 16.3. The molecule has 2 amide bonds. The molecule has 2 heterocycles. The van der Waals surface area contributed by atoms with Crippen LogP contribution in [0.25, 0.3) is 0 Å². The average Bonchev–Trinajstić information content (AvgIpc) is 2.71. The van der Waals surface area contributed by atoms with Crippen LogP contribution in [0.15, 0.2) is 16.9 Å². The molecule has 0 spiro atoms. The SMILES string of the molecule is O=C(c1ccc(=O)[nH]n1)N1CCCN(C(=O)C(F)(F)F)CC1. The summed E-state index contributed by atoms with van der Waals surface area (Å²) < 4.78 is 37.2. The Morgan fingerprint density at radius 3 is 2.32 bits per heavy atom. The van der Waals surface area contributed by atoms with Gasteiger partial charge in [0.2, 0.25) is 0 Å². The van der Waals surface area contributed by atoms with E-state index in [0.29, 0.717) is 4.90 Å². The summed E-state index contributed by atoms with van der Waals surface area (Å²) in [6.07, 6.45) is -4.68. The van der Waals surface area contributed by atoms with Gasteiger partial charge in [-0.1, -0.05) is 0 Å². The second kappa shape index (κ2) is 6.16. The van der Waals surface area contributed by atoms with Crippen LogP contribution in [0.4, 0.5) is 13.2 Å². The first kappa shape index (κ1) is 16.0. The lowest BCUT2D eigenvalue weighted by Gasteiger charge is -2.22. The smallest absolute Gasteiger partial charge is 0.335 e. The van der Waals surface area contributed by atoms with Gasteiger partial charge in [0.1, 0.15) is 5.69 Å². The second-order valence-electron chi connectivity index (χ2n) is 4.74.